The van der Waals surface area contributed by atoms with Gasteiger partial charge in [-0.15, -0.1) is 0 Å². The molecule has 1 aliphatic rings. The van der Waals surface area contributed by atoms with E-state index in [1.807, 2.05) is 6.92 Å². The van der Waals surface area contributed by atoms with Crippen LogP contribution in [0, 0.1) is 0 Å². The molecule has 1 N–H and O–H groups in total. The molecule has 0 amide bonds. The van der Waals surface area contributed by atoms with Crippen molar-refractivity contribution >= 4 is 5.97 Å². The predicted molar refractivity (Wildman–Crippen MR) is 65.3 cm³/mol. The number of nitrogens with one attached hydrogen (secondary N) is 1. The molecule has 94 valence electrons. The van der Waals surface area contributed by atoms with Gasteiger partial charge in [-0.25, -0.2) is 0 Å². The topological polar surface area (TPSA) is 38.3 Å². The van der Waals surface area contributed by atoms with Crippen molar-refractivity contribution in [2.75, 3.05) is 6.61 Å². The Morgan fingerprint density at radius 3 is 2.62 bits per heavy atom. The Labute approximate surface area is 98.9 Å². The summed E-state index contributed by atoms with van der Waals surface area (Å²) in [5.74, 6) is -0.0640. The average Bonchev–Trinajstić information content (AvgIpc) is 3.07. The maximum atomic E-state index is 11.7. The summed E-state index contributed by atoms with van der Waals surface area (Å²) in [6.07, 6.45) is 8.19. The molecule has 16 heavy (non-hydrogen) atoms. The second kappa shape index (κ2) is 7.66. The van der Waals surface area contributed by atoms with Crippen molar-refractivity contribution in [3.8, 4) is 0 Å². The van der Waals surface area contributed by atoms with E-state index in [-0.39, 0.29) is 12.0 Å². The Bertz CT molecular complexity index is 202. The van der Waals surface area contributed by atoms with E-state index in [4.69, 9.17) is 4.74 Å². The second-order valence-corrected chi connectivity index (χ2v) is 4.59. The summed E-state index contributed by atoms with van der Waals surface area (Å²) in [6, 6.07) is 0.505. The first-order valence-corrected chi connectivity index (χ1v) is 6.70. The summed E-state index contributed by atoms with van der Waals surface area (Å²) in [6.45, 7) is 4.55. The molecule has 1 aliphatic carbocycles. The summed E-state index contributed by atoms with van der Waals surface area (Å²) >= 11 is 0. The number of rotatable bonds is 9. The molecule has 3 nitrogen and oxygen atoms in total. The van der Waals surface area contributed by atoms with Gasteiger partial charge in [0.2, 0.25) is 0 Å². The van der Waals surface area contributed by atoms with Crippen LogP contribution in [0.5, 0.6) is 0 Å². The third-order valence-electron chi connectivity index (χ3n) is 2.93. The lowest BCUT2D eigenvalue weighted by Gasteiger charge is -2.16. The fourth-order valence-electron chi connectivity index (χ4n) is 1.82. The summed E-state index contributed by atoms with van der Waals surface area (Å²) in [7, 11) is 0. The van der Waals surface area contributed by atoms with Gasteiger partial charge in [-0.05, 0) is 26.2 Å². The van der Waals surface area contributed by atoms with E-state index in [1.165, 1.54) is 32.1 Å². The highest BCUT2D eigenvalue weighted by Gasteiger charge is 2.28. The lowest BCUT2D eigenvalue weighted by molar-refractivity contribution is -0.145. The van der Waals surface area contributed by atoms with Gasteiger partial charge in [0, 0.05) is 6.04 Å². The number of esters is 1. The molecule has 0 saturated heterocycles. The number of carbonyl (C=O) groups is 1. The Balaban J connectivity index is 2.22. The van der Waals surface area contributed by atoms with Crippen LogP contribution in [0.2, 0.25) is 0 Å². The third kappa shape index (κ3) is 5.50. The summed E-state index contributed by atoms with van der Waals surface area (Å²) in [4.78, 5) is 11.7. The fraction of sp³-hybridized carbons (Fsp3) is 0.923. The standard InChI is InChI=1S/C13H25NO2/c1-3-5-6-7-8-12(13(15)16-4-2)14-11-9-10-11/h11-12,14H,3-10H2,1-2H3. The lowest BCUT2D eigenvalue weighted by Crippen LogP contribution is -2.39. The fourth-order valence-corrected chi connectivity index (χ4v) is 1.82. The van der Waals surface area contributed by atoms with Crippen LogP contribution < -0.4 is 5.32 Å². The minimum atomic E-state index is -0.0655. The molecule has 1 fully saturated rings. The molecule has 1 atom stereocenters. The molecule has 1 unspecified atom stereocenters. The van der Waals surface area contributed by atoms with E-state index < -0.39 is 0 Å². The number of hydrogen-bond acceptors (Lipinski definition) is 3. The van der Waals surface area contributed by atoms with Gasteiger partial charge < -0.3 is 10.1 Å². The highest BCUT2D eigenvalue weighted by molar-refractivity contribution is 5.75. The first-order valence-electron chi connectivity index (χ1n) is 6.70. The summed E-state index contributed by atoms with van der Waals surface area (Å²) in [5.41, 5.74) is 0. The van der Waals surface area contributed by atoms with Gasteiger partial charge in [-0.1, -0.05) is 32.6 Å². The molecule has 1 rings (SSSR count). The average molecular weight is 227 g/mol. The second-order valence-electron chi connectivity index (χ2n) is 4.59. The zero-order chi connectivity index (χ0) is 11.8. The van der Waals surface area contributed by atoms with Crippen LogP contribution in [0.3, 0.4) is 0 Å². The van der Waals surface area contributed by atoms with Crippen LogP contribution in [0.1, 0.15) is 58.8 Å². The van der Waals surface area contributed by atoms with Gasteiger partial charge in [0.05, 0.1) is 6.61 Å². The van der Waals surface area contributed by atoms with Gasteiger partial charge in [0.15, 0.2) is 0 Å². The monoisotopic (exact) mass is 227 g/mol. The van der Waals surface area contributed by atoms with Gasteiger partial charge in [0.25, 0.3) is 0 Å². The Morgan fingerprint density at radius 1 is 1.31 bits per heavy atom. The smallest absolute Gasteiger partial charge is 0.323 e. The Hall–Kier alpha value is -0.570. The van der Waals surface area contributed by atoms with Crippen LogP contribution in [-0.2, 0) is 9.53 Å². The first kappa shape index (κ1) is 13.5. The minimum absolute atomic E-state index is 0.0640. The molecule has 1 saturated carbocycles. The van der Waals surface area contributed by atoms with Crippen molar-refractivity contribution in [3.63, 3.8) is 0 Å². The van der Waals surface area contributed by atoms with Crippen LogP contribution in [0.15, 0.2) is 0 Å². The molecule has 3 heteroatoms. The maximum absolute atomic E-state index is 11.7. The highest BCUT2D eigenvalue weighted by atomic mass is 16.5. The molecule has 0 bridgehead atoms. The highest BCUT2D eigenvalue weighted by Crippen LogP contribution is 2.21. The molecule has 0 aliphatic heterocycles. The number of hydrogen-bond donors (Lipinski definition) is 1. The van der Waals surface area contributed by atoms with Crippen LogP contribution in [0.4, 0.5) is 0 Å². The van der Waals surface area contributed by atoms with E-state index in [2.05, 4.69) is 12.2 Å². The molecule has 0 aromatic rings. The molecule has 0 heterocycles. The van der Waals surface area contributed by atoms with Crippen molar-refractivity contribution in [3.05, 3.63) is 0 Å². The number of ether oxygens (including phenoxy) is 1. The maximum Gasteiger partial charge on any atom is 0.323 e. The van der Waals surface area contributed by atoms with Crippen molar-refractivity contribution in [1.82, 2.24) is 5.32 Å². The SMILES string of the molecule is CCCCCCC(NC1CC1)C(=O)OCC. The Morgan fingerprint density at radius 2 is 2.06 bits per heavy atom. The van der Waals surface area contributed by atoms with Gasteiger partial charge in [-0.3, -0.25) is 4.79 Å². The van der Waals surface area contributed by atoms with Crippen molar-refractivity contribution in [2.24, 2.45) is 0 Å². The molecule has 0 radical (unpaired) electrons. The van der Waals surface area contributed by atoms with E-state index in [0.29, 0.717) is 12.6 Å². The van der Waals surface area contributed by atoms with Crippen LogP contribution in [0.25, 0.3) is 0 Å². The summed E-state index contributed by atoms with van der Waals surface area (Å²) < 4.78 is 5.09. The van der Waals surface area contributed by atoms with E-state index >= 15 is 0 Å². The Kier molecular flexibility index (Phi) is 6.46. The van der Waals surface area contributed by atoms with Crippen molar-refractivity contribution in [2.45, 2.75) is 70.9 Å². The molecule has 0 aromatic carbocycles. The predicted octanol–water partition coefficient (Wildman–Crippen LogP) is 2.64. The van der Waals surface area contributed by atoms with Crippen LogP contribution in [-0.4, -0.2) is 24.7 Å². The number of unbranched alkanes of at least 4 members (excludes halogenated alkanes) is 3. The molecule has 0 spiro atoms. The number of carbonyl (C=O) groups excluding carboxylic acids is 1. The van der Waals surface area contributed by atoms with Crippen molar-refractivity contribution < 1.29 is 9.53 Å². The largest absolute Gasteiger partial charge is 0.465 e. The van der Waals surface area contributed by atoms with E-state index in [1.54, 1.807) is 0 Å². The zero-order valence-electron chi connectivity index (χ0n) is 10.6. The third-order valence-corrected chi connectivity index (χ3v) is 2.93. The van der Waals surface area contributed by atoms with Gasteiger partial charge >= 0.3 is 5.97 Å². The van der Waals surface area contributed by atoms with E-state index in [0.717, 1.165) is 12.8 Å². The minimum Gasteiger partial charge on any atom is -0.465 e. The molecular weight excluding hydrogens is 202 g/mol. The van der Waals surface area contributed by atoms with Gasteiger partial charge in [0.1, 0.15) is 6.04 Å². The summed E-state index contributed by atoms with van der Waals surface area (Å²) in [5, 5.41) is 3.38. The quantitative estimate of drug-likeness (QED) is 0.486. The van der Waals surface area contributed by atoms with Crippen LogP contribution >= 0.6 is 0 Å². The normalized spacial score (nSPS) is 17.1. The zero-order valence-corrected chi connectivity index (χ0v) is 10.6. The van der Waals surface area contributed by atoms with E-state index in [9.17, 15) is 4.79 Å². The molecule has 0 aromatic heterocycles. The van der Waals surface area contributed by atoms with Gasteiger partial charge in [-0.2, -0.15) is 0 Å². The first-order chi connectivity index (χ1) is 7.77. The lowest BCUT2D eigenvalue weighted by atomic mass is 10.1. The van der Waals surface area contributed by atoms with Crippen molar-refractivity contribution in [1.29, 1.82) is 0 Å². The molecular formula is C13H25NO2.